The molecule has 0 spiro atoms. The topological polar surface area (TPSA) is 87.7 Å². The van der Waals surface area contributed by atoms with Gasteiger partial charge in [-0.25, -0.2) is 0 Å². The Kier molecular flexibility index (Phi) is 6.70. The van der Waals surface area contributed by atoms with E-state index in [1.165, 1.54) is 0 Å². The van der Waals surface area contributed by atoms with E-state index in [-0.39, 0.29) is 34.6 Å². The summed E-state index contributed by atoms with van der Waals surface area (Å²) in [5, 5.41) is 17.0. The third-order valence-corrected chi connectivity index (χ3v) is 7.68. The molecule has 31 heavy (non-hydrogen) atoms. The molecule has 0 unspecified atom stereocenters. The summed E-state index contributed by atoms with van der Waals surface area (Å²) in [5.74, 6) is 1.05. The molecule has 6 nitrogen and oxygen atoms in total. The van der Waals surface area contributed by atoms with E-state index >= 15 is 0 Å². The van der Waals surface area contributed by atoms with Crippen molar-refractivity contribution in [3.8, 4) is 5.75 Å². The zero-order chi connectivity index (χ0) is 22.9. The number of carbonyl (C=O) groups excluding carboxylic acids is 2. The van der Waals surface area contributed by atoms with Crippen molar-refractivity contribution in [2.24, 2.45) is 16.7 Å². The van der Waals surface area contributed by atoms with Gasteiger partial charge in [0.15, 0.2) is 0 Å². The van der Waals surface area contributed by atoms with Gasteiger partial charge < -0.3 is 20.5 Å². The van der Waals surface area contributed by atoms with Gasteiger partial charge in [-0.2, -0.15) is 0 Å². The summed E-state index contributed by atoms with van der Waals surface area (Å²) in [6, 6.07) is 7.71. The lowest BCUT2D eigenvalue weighted by atomic mass is 9.57. The number of methoxy groups -OCH3 is 1. The molecular formula is C25H38N2O4. The lowest BCUT2D eigenvalue weighted by molar-refractivity contribution is -0.124. The summed E-state index contributed by atoms with van der Waals surface area (Å²) in [4.78, 5) is 24.7. The van der Waals surface area contributed by atoms with Crippen LogP contribution in [0, 0.1) is 16.7 Å². The summed E-state index contributed by atoms with van der Waals surface area (Å²) in [6.45, 7) is 8.43. The van der Waals surface area contributed by atoms with Crippen molar-refractivity contribution in [3.05, 3.63) is 29.8 Å². The van der Waals surface area contributed by atoms with E-state index in [0.29, 0.717) is 25.8 Å². The van der Waals surface area contributed by atoms with E-state index in [1.54, 1.807) is 14.0 Å². The van der Waals surface area contributed by atoms with Crippen LogP contribution < -0.4 is 15.4 Å². The van der Waals surface area contributed by atoms with E-state index in [9.17, 15) is 14.7 Å². The number of carbonyl (C=O) groups is 2. The predicted octanol–water partition coefficient (Wildman–Crippen LogP) is 3.56. The quantitative estimate of drug-likeness (QED) is 0.617. The summed E-state index contributed by atoms with van der Waals surface area (Å²) < 4.78 is 5.17. The Morgan fingerprint density at radius 3 is 2.42 bits per heavy atom. The van der Waals surface area contributed by atoms with Crippen molar-refractivity contribution in [2.45, 2.75) is 84.4 Å². The third-order valence-electron chi connectivity index (χ3n) is 7.68. The van der Waals surface area contributed by atoms with Crippen molar-refractivity contribution in [1.29, 1.82) is 0 Å². The molecule has 6 heteroatoms. The van der Waals surface area contributed by atoms with Gasteiger partial charge in [-0.1, -0.05) is 26.0 Å². The molecule has 2 amide bonds. The summed E-state index contributed by atoms with van der Waals surface area (Å²) >= 11 is 0. The smallest absolute Gasteiger partial charge is 0.220 e. The third kappa shape index (κ3) is 5.22. The highest BCUT2D eigenvalue weighted by atomic mass is 16.5. The molecular weight excluding hydrogens is 392 g/mol. The largest absolute Gasteiger partial charge is 0.497 e. The number of fused-ring (bicyclic) bond motifs is 1. The van der Waals surface area contributed by atoms with Gasteiger partial charge in [0.1, 0.15) is 5.75 Å². The Bertz CT molecular complexity index is 802. The maximum absolute atomic E-state index is 12.7. The second-order valence-corrected chi connectivity index (χ2v) is 10.6. The van der Waals surface area contributed by atoms with Crippen LogP contribution in [0.4, 0.5) is 0 Å². The van der Waals surface area contributed by atoms with Gasteiger partial charge in [-0.3, -0.25) is 9.59 Å². The molecule has 0 heterocycles. The lowest BCUT2D eigenvalue weighted by Crippen LogP contribution is -2.52. The fraction of sp³-hybridized carbons (Fsp3) is 0.680. The first kappa shape index (κ1) is 23.6. The highest BCUT2D eigenvalue weighted by Crippen LogP contribution is 2.63. The fourth-order valence-corrected chi connectivity index (χ4v) is 6.06. The summed E-state index contributed by atoms with van der Waals surface area (Å²) in [7, 11) is 1.63. The second-order valence-electron chi connectivity index (χ2n) is 10.6. The average Bonchev–Trinajstić information content (AvgIpc) is 2.90. The Morgan fingerprint density at radius 2 is 1.81 bits per heavy atom. The molecule has 0 radical (unpaired) electrons. The highest BCUT2D eigenvalue weighted by Gasteiger charge is 2.61. The van der Waals surface area contributed by atoms with Crippen LogP contribution >= 0.6 is 0 Å². The van der Waals surface area contributed by atoms with Crippen LogP contribution in [0.15, 0.2) is 24.3 Å². The van der Waals surface area contributed by atoms with Crippen molar-refractivity contribution in [3.63, 3.8) is 0 Å². The first-order chi connectivity index (χ1) is 14.5. The molecule has 3 N–H and O–H groups in total. The second kappa shape index (κ2) is 8.81. The van der Waals surface area contributed by atoms with Gasteiger partial charge in [0.05, 0.1) is 12.7 Å². The van der Waals surface area contributed by atoms with Crippen molar-refractivity contribution < 1.29 is 19.4 Å². The number of rotatable bonds is 7. The summed E-state index contributed by atoms with van der Waals surface area (Å²) in [6.07, 6.45) is 4.25. The van der Waals surface area contributed by atoms with Crippen LogP contribution in [-0.4, -0.2) is 35.7 Å². The molecule has 0 bridgehead atoms. The first-order valence-corrected chi connectivity index (χ1v) is 11.4. The molecule has 2 saturated carbocycles. The van der Waals surface area contributed by atoms with Gasteiger partial charge in [-0.05, 0) is 73.5 Å². The Balaban J connectivity index is 1.69. The minimum atomic E-state index is -0.687. The number of aliphatic hydroxyl groups is 1. The van der Waals surface area contributed by atoms with Crippen LogP contribution in [0.3, 0.4) is 0 Å². The minimum absolute atomic E-state index is 0.00288. The predicted molar refractivity (Wildman–Crippen MR) is 120 cm³/mol. The van der Waals surface area contributed by atoms with Crippen LogP contribution in [0.2, 0.25) is 0 Å². The number of nitrogens with one attached hydrogen (secondary N) is 2. The van der Waals surface area contributed by atoms with Gasteiger partial charge in [-0.15, -0.1) is 0 Å². The standard InChI is InChI=1S/C25H38N2O4/c1-17(28)27-21-15-23(2,3)20-14-24(4,30)12-13-25(20,21)11-10-22(29)26-16-18-6-8-19(31-5)9-7-18/h6-9,20-21,30H,10-16H2,1-5H3,(H,26,29)(H,27,28)/t20-,21-,24-,25-/m0/s1. The lowest BCUT2D eigenvalue weighted by Gasteiger charge is -2.50. The van der Waals surface area contributed by atoms with Gasteiger partial charge in [0.2, 0.25) is 11.8 Å². The van der Waals surface area contributed by atoms with Gasteiger partial charge in [0.25, 0.3) is 0 Å². The molecule has 4 atom stereocenters. The van der Waals surface area contributed by atoms with Crippen LogP contribution in [0.1, 0.15) is 71.8 Å². The molecule has 172 valence electrons. The molecule has 0 saturated heterocycles. The van der Waals surface area contributed by atoms with E-state index in [4.69, 9.17) is 4.74 Å². The number of amides is 2. The maximum Gasteiger partial charge on any atom is 0.220 e. The number of hydrogen-bond donors (Lipinski definition) is 3. The Hall–Kier alpha value is -2.08. The zero-order valence-corrected chi connectivity index (χ0v) is 19.6. The molecule has 2 aliphatic rings. The van der Waals surface area contributed by atoms with E-state index < -0.39 is 5.60 Å². The van der Waals surface area contributed by atoms with Crippen LogP contribution in [0.5, 0.6) is 5.75 Å². The molecule has 0 aromatic heterocycles. The van der Waals surface area contributed by atoms with Crippen molar-refractivity contribution in [2.75, 3.05) is 7.11 Å². The molecule has 2 fully saturated rings. The minimum Gasteiger partial charge on any atom is -0.497 e. The van der Waals surface area contributed by atoms with E-state index in [2.05, 4.69) is 24.5 Å². The maximum atomic E-state index is 12.7. The van der Waals surface area contributed by atoms with Crippen LogP contribution in [0.25, 0.3) is 0 Å². The fourth-order valence-electron chi connectivity index (χ4n) is 6.06. The number of hydrogen-bond acceptors (Lipinski definition) is 4. The zero-order valence-electron chi connectivity index (χ0n) is 19.6. The van der Waals surface area contributed by atoms with E-state index in [0.717, 1.165) is 30.6 Å². The average molecular weight is 431 g/mol. The normalized spacial score (nSPS) is 31.5. The van der Waals surface area contributed by atoms with Crippen molar-refractivity contribution >= 4 is 11.8 Å². The molecule has 1 aromatic carbocycles. The monoisotopic (exact) mass is 430 g/mol. The van der Waals surface area contributed by atoms with Crippen LogP contribution in [-0.2, 0) is 16.1 Å². The van der Waals surface area contributed by atoms with Gasteiger partial charge >= 0.3 is 0 Å². The van der Waals surface area contributed by atoms with Crippen molar-refractivity contribution in [1.82, 2.24) is 10.6 Å². The molecule has 0 aliphatic heterocycles. The summed E-state index contributed by atoms with van der Waals surface area (Å²) in [5.41, 5.74) is 0.177. The SMILES string of the molecule is COc1ccc(CNC(=O)CC[C@]23CC[C@](C)(O)C[C@H]2C(C)(C)C[C@@H]3NC(C)=O)cc1. The first-order valence-electron chi connectivity index (χ1n) is 11.4. The Morgan fingerprint density at radius 1 is 1.13 bits per heavy atom. The number of benzene rings is 1. The molecule has 1 aromatic rings. The number of ether oxygens (including phenoxy) is 1. The molecule has 2 aliphatic carbocycles. The Labute approximate surface area is 186 Å². The highest BCUT2D eigenvalue weighted by molar-refractivity contribution is 5.76. The molecule has 3 rings (SSSR count). The van der Waals surface area contributed by atoms with E-state index in [1.807, 2.05) is 31.2 Å². The van der Waals surface area contributed by atoms with Gasteiger partial charge in [0, 0.05) is 25.9 Å².